The Kier molecular flexibility index (Phi) is 6.19. The molecule has 1 amide bonds. The largest absolute Gasteiger partial charge is 0.490 e. The highest BCUT2D eigenvalue weighted by Crippen LogP contribution is 2.30. The van der Waals surface area contributed by atoms with E-state index in [4.69, 9.17) is 4.74 Å². The van der Waals surface area contributed by atoms with E-state index in [9.17, 15) is 20.0 Å². The average molecular weight is 405 g/mol. The number of benzene rings is 3. The average Bonchev–Trinajstić information content (AvgIpc) is 2.79. The van der Waals surface area contributed by atoms with Crippen molar-refractivity contribution in [1.82, 2.24) is 5.43 Å². The number of amides is 1. The summed E-state index contributed by atoms with van der Waals surface area (Å²) in [7, 11) is 1.34. The second kappa shape index (κ2) is 8.97. The summed E-state index contributed by atoms with van der Waals surface area (Å²) in [5, 5.41) is 26.3. The Morgan fingerprint density at radius 3 is 2.13 bits per heavy atom. The highest BCUT2D eigenvalue weighted by atomic mass is 16.6. The fourth-order valence-electron chi connectivity index (χ4n) is 2.96. The van der Waals surface area contributed by atoms with E-state index in [1.165, 1.54) is 25.5 Å². The van der Waals surface area contributed by atoms with Gasteiger partial charge in [-0.1, -0.05) is 60.7 Å². The Morgan fingerprint density at radius 2 is 1.63 bits per heavy atom. The minimum absolute atomic E-state index is 0.115. The highest BCUT2D eigenvalue weighted by Gasteiger charge is 2.39. The number of rotatable bonds is 7. The normalized spacial score (nSPS) is 11.3. The number of nitro groups is 1. The van der Waals surface area contributed by atoms with Gasteiger partial charge in [0.15, 0.2) is 11.4 Å². The van der Waals surface area contributed by atoms with E-state index in [0.717, 1.165) is 0 Å². The topological polar surface area (TPSA) is 114 Å². The molecule has 8 nitrogen and oxygen atoms in total. The number of ether oxygens (including phenoxy) is 1. The maximum atomic E-state index is 12.9. The fourth-order valence-corrected chi connectivity index (χ4v) is 2.96. The molecule has 30 heavy (non-hydrogen) atoms. The summed E-state index contributed by atoms with van der Waals surface area (Å²) in [6.45, 7) is 0. The Morgan fingerprint density at radius 1 is 1.07 bits per heavy atom. The van der Waals surface area contributed by atoms with E-state index >= 15 is 0 Å². The number of hydrazone groups is 1. The number of hydrogen-bond donors (Lipinski definition) is 2. The molecule has 0 unspecified atom stereocenters. The molecule has 0 aliphatic carbocycles. The quantitative estimate of drug-likeness (QED) is 0.356. The van der Waals surface area contributed by atoms with Crippen LogP contribution in [0.2, 0.25) is 0 Å². The van der Waals surface area contributed by atoms with E-state index in [1.807, 2.05) is 0 Å². The molecule has 0 bridgehead atoms. The molecule has 0 aliphatic rings. The molecule has 0 saturated heterocycles. The minimum Gasteiger partial charge on any atom is -0.490 e. The number of carbonyl (C=O) groups excluding carboxylic acids is 1. The van der Waals surface area contributed by atoms with Gasteiger partial charge in [0.05, 0.1) is 18.2 Å². The van der Waals surface area contributed by atoms with Crippen LogP contribution < -0.4 is 10.2 Å². The van der Waals surface area contributed by atoms with Crippen LogP contribution in [0.15, 0.2) is 84.0 Å². The van der Waals surface area contributed by atoms with Crippen molar-refractivity contribution in [2.75, 3.05) is 7.11 Å². The van der Waals surface area contributed by atoms with Gasteiger partial charge in [-0.2, -0.15) is 5.10 Å². The van der Waals surface area contributed by atoms with Crippen molar-refractivity contribution in [2.24, 2.45) is 5.10 Å². The van der Waals surface area contributed by atoms with Gasteiger partial charge in [-0.15, -0.1) is 0 Å². The molecule has 0 aromatic heterocycles. The van der Waals surface area contributed by atoms with Gasteiger partial charge in [-0.05, 0) is 23.3 Å². The Balaban J connectivity index is 1.87. The molecule has 152 valence electrons. The molecule has 0 aliphatic heterocycles. The van der Waals surface area contributed by atoms with Gasteiger partial charge < -0.3 is 9.84 Å². The lowest BCUT2D eigenvalue weighted by Gasteiger charge is -2.27. The Hall–Kier alpha value is -4.04. The SMILES string of the molecule is COc1ccc(/C=N/NC(=O)C(O)(c2ccccc2)c2ccccc2)cc1[N+](=O)[O-]. The summed E-state index contributed by atoms with van der Waals surface area (Å²) in [4.78, 5) is 23.5. The highest BCUT2D eigenvalue weighted by molar-refractivity contribution is 5.91. The van der Waals surface area contributed by atoms with Crippen LogP contribution in [-0.2, 0) is 10.4 Å². The lowest BCUT2D eigenvalue weighted by molar-refractivity contribution is -0.385. The van der Waals surface area contributed by atoms with Crippen LogP contribution in [0, 0.1) is 10.1 Å². The second-order valence-corrected chi connectivity index (χ2v) is 6.33. The summed E-state index contributed by atoms with van der Waals surface area (Å²) in [5.41, 5.74) is 1.27. The lowest BCUT2D eigenvalue weighted by Crippen LogP contribution is -2.43. The van der Waals surface area contributed by atoms with Crippen molar-refractivity contribution < 1.29 is 19.6 Å². The number of hydrogen-bond acceptors (Lipinski definition) is 6. The first-order chi connectivity index (χ1) is 14.5. The van der Waals surface area contributed by atoms with Gasteiger partial charge in [0.2, 0.25) is 0 Å². The zero-order chi connectivity index (χ0) is 21.6. The zero-order valence-corrected chi connectivity index (χ0v) is 16.1. The number of nitrogens with zero attached hydrogens (tertiary/aromatic N) is 2. The van der Waals surface area contributed by atoms with Crippen LogP contribution in [0.3, 0.4) is 0 Å². The molecule has 8 heteroatoms. The fraction of sp³-hybridized carbons (Fsp3) is 0.0909. The van der Waals surface area contributed by atoms with E-state index in [2.05, 4.69) is 10.5 Å². The van der Waals surface area contributed by atoms with Gasteiger partial charge in [-0.3, -0.25) is 14.9 Å². The first-order valence-corrected chi connectivity index (χ1v) is 8.96. The summed E-state index contributed by atoms with van der Waals surface area (Å²) < 4.78 is 4.96. The van der Waals surface area contributed by atoms with E-state index < -0.39 is 16.4 Å². The van der Waals surface area contributed by atoms with Crippen LogP contribution in [0.4, 0.5) is 5.69 Å². The van der Waals surface area contributed by atoms with Crippen molar-refractivity contribution in [2.45, 2.75) is 5.60 Å². The molecule has 0 fully saturated rings. The standard InChI is InChI=1S/C22H19N3O5/c1-30-20-13-12-16(14-19(20)25(28)29)15-23-24-21(26)22(27,17-8-4-2-5-9-17)18-10-6-3-7-11-18/h2-15,27H,1H3,(H,24,26)/b23-15+. The van der Waals surface area contributed by atoms with Crippen LogP contribution in [0.1, 0.15) is 16.7 Å². The number of carbonyl (C=O) groups is 1. The van der Waals surface area contributed by atoms with Crippen molar-refractivity contribution in [3.63, 3.8) is 0 Å². The Labute approximate surface area is 172 Å². The molecular weight excluding hydrogens is 386 g/mol. The lowest BCUT2D eigenvalue weighted by atomic mass is 9.85. The van der Waals surface area contributed by atoms with Crippen LogP contribution >= 0.6 is 0 Å². The molecule has 0 radical (unpaired) electrons. The molecule has 3 aromatic rings. The second-order valence-electron chi connectivity index (χ2n) is 6.33. The van der Waals surface area contributed by atoms with Crippen LogP contribution in [0.5, 0.6) is 5.75 Å². The number of methoxy groups -OCH3 is 1. The van der Waals surface area contributed by atoms with E-state index in [1.54, 1.807) is 66.7 Å². The van der Waals surface area contributed by atoms with Gasteiger partial charge in [0, 0.05) is 11.6 Å². The first kappa shape index (κ1) is 20.7. The maximum absolute atomic E-state index is 12.9. The van der Waals surface area contributed by atoms with Crippen LogP contribution in [0.25, 0.3) is 0 Å². The predicted molar refractivity (Wildman–Crippen MR) is 111 cm³/mol. The summed E-state index contributed by atoms with van der Waals surface area (Å²) in [6.07, 6.45) is 1.25. The van der Waals surface area contributed by atoms with Gasteiger partial charge in [-0.25, -0.2) is 5.43 Å². The Bertz CT molecular complexity index is 1030. The molecule has 0 atom stereocenters. The summed E-state index contributed by atoms with van der Waals surface area (Å²) in [5.74, 6) is -0.650. The number of aliphatic hydroxyl groups is 1. The summed E-state index contributed by atoms with van der Waals surface area (Å²) in [6, 6.07) is 21.3. The van der Waals surface area contributed by atoms with Crippen LogP contribution in [-0.4, -0.2) is 29.3 Å². The predicted octanol–water partition coefficient (Wildman–Crippen LogP) is 2.99. The van der Waals surface area contributed by atoms with Gasteiger partial charge >= 0.3 is 5.69 Å². The van der Waals surface area contributed by atoms with Gasteiger partial charge in [0.25, 0.3) is 5.91 Å². The van der Waals surface area contributed by atoms with Crippen molar-refractivity contribution in [3.8, 4) is 5.75 Å². The summed E-state index contributed by atoms with van der Waals surface area (Å²) >= 11 is 0. The zero-order valence-electron chi connectivity index (χ0n) is 16.1. The molecule has 0 spiro atoms. The smallest absolute Gasteiger partial charge is 0.311 e. The third-order valence-corrected chi connectivity index (χ3v) is 4.49. The first-order valence-electron chi connectivity index (χ1n) is 8.96. The van der Waals surface area contributed by atoms with E-state index in [0.29, 0.717) is 16.7 Å². The molecule has 3 aromatic carbocycles. The molecular formula is C22H19N3O5. The van der Waals surface area contributed by atoms with Gasteiger partial charge in [0.1, 0.15) is 0 Å². The van der Waals surface area contributed by atoms with Crippen molar-refractivity contribution in [1.29, 1.82) is 0 Å². The maximum Gasteiger partial charge on any atom is 0.311 e. The monoisotopic (exact) mass is 405 g/mol. The third kappa shape index (κ3) is 4.18. The van der Waals surface area contributed by atoms with Crippen molar-refractivity contribution >= 4 is 17.8 Å². The van der Waals surface area contributed by atoms with E-state index in [-0.39, 0.29) is 11.4 Å². The molecule has 0 saturated carbocycles. The molecule has 2 N–H and O–H groups in total. The minimum atomic E-state index is -1.97. The number of nitro benzene ring substituents is 1. The molecule has 0 heterocycles. The van der Waals surface area contributed by atoms with Crippen molar-refractivity contribution in [3.05, 3.63) is 106 Å². The number of nitrogens with one attached hydrogen (secondary N) is 1. The molecule has 3 rings (SSSR count). The third-order valence-electron chi connectivity index (χ3n) is 4.49.